The van der Waals surface area contributed by atoms with E-state index in [1.54, 1.807) is 30.5 Å². The fourth-order valence-electron chi connectivity index (χ4n) is 1.49. The van der Waals surface area contributed by atoms with Crippen LogP contribution in [0.15, 0.2) is 43.0 Å². The first kappa shape index (κ1) is 13.8. The molecule has 2 aromatic rings. The third-order valence-corrected chi connectivity index (χ3v) is 2.67. The first-order valence-electron chi connectivity index (χ1n) is 6.26. The van der Waals surface area contributed by atoms with Gasteiger partial charge in [0.2, 0.25) is 5.91 Å². The zero-order valence-corrected chi connectivity index (χ0v) is 11.3. The van der Waals surface area contributed by atoms with Gasteiger partial charge in [-0.15, -0.1) is 0 Å². The van der Waals surface area contributed by atoms with E-state index in [1.807, 2.05) is 13.8 Å². The highest BCUT2D eigenvalue weighted by Crippen LogP contribution is 2.14. The molecule has 0 fully saturated rings. The van der Waals surface area contributed by atoms with Crippen molar-refractivity contribution in [2.24, 2.45) is 5.92 Å². The molecule has 1 heterocycles. The van der Waals surface area contributed by atoms with Crippen LogP contribution in [0.3, 0.4) is 0 Å². The molecule has 0 aliphatic carbocycles. The molecule has 6 heteroatoms. The maximum Gasteiger partial charge on any atom is 0.331 e. The van der Waals surface area contributed by atoms with E-state index in [2.05, 4.69) is 15.6 Å². The second-order valence-corrected chi connectivity index (χ2v) is 4.62. The monoisotopic (exact) mass is 272 g/mol. The number of carbonyl (C=O) groups excluding carboxylic acids is 2. The second kappa shape index (κ2) is 6.01. The van der Waals surface area contributed by atoms with Gasteiger partial charge in [0.1, 0.15) is 6.33 Å². The molecule has 104 valence electrons. The van der Waals surface area contributed by atoms with Crippen molar-refractivity contribution in [2.75, 3.05) is 10.6 Å². The average molecular weight is 272 g/mol. The number of amides is 2. The topological polar surface area (TPSA) is 76.0 Å². The lowest BCUT2D eigenvalue weighted by atomic mass is 10.2. The molecular formula is C14H16N4O2. The summed E-state index contributed by atoms with van der Waals surface area (Å²) < 4.78 is 1.34. The lowest BCUT2D eigenvalue weighted by molar-refractivity contribution is -0.118. The lowest BCUT2D eigenvalue weighted by Crippen LogP contribution is -2.18. The van der Waals surface area contributed by atoms with Crippen molar-refractivity contribution in [3.8, 4) is 0 Å². The maximum atomic E-state index is 11.8. The van der Waals surface area contributed by atoms with Crippen molar-refractivity contribution in [1.82, 2.24) is 9.55 Å². The molecular weight excluding hydrogens is 256 g/mol. The van der Waals surface area contributed by atoms with Gasteiger partial charge in [-0.2, -0.15) is 0 Å². The van der Waals surface area contributed by atoms with E-state index in [-0.39, 0.29) is 17.9 Å². The van der Waals surface area contributed by atoms with E-state index in [0.717, 1.165) is 0 Å². The van der Waals surface area contributed by atoms with Gasteiger partial charge in [-0.3, -0.25) is 9.36 Å². The molecule has 20 heavy (non-hydrogen) atoms. The van der Waals surface area contributed by atoms with Gasteiger partial charge in [-0.1, -0.05) is 13.8 Å². The number of hydrogen-bond acceptors (Lipinski definition) is 3. The van der Waals surface area contributed by atoms with Gasteiger partial charge in [-0.25, -0.2) is 9.78 Å². The molecule has 0 atom stereocenters. The van der Waals surface area contributed by atoms with Gasteiger partial charge >= 0.3 is 6.03 Å². The fourth-order valence-corrected chi connectivity index (χ4v) is 1.49. The van der Waals surface area contributed by atoms with Crippen molar-refractivity contribution >= 4 is 23.3 Å². The molecule has 0 unspecified atom stereocenters. The summed E-state index contributed by atoms with van der Waals surface area (Å²) in [6.45, 7) is 3.66. The molecule has 2 rings (SSSR count). The Morgan fingerprint density at radius 3 is 2.20 bits per heavy atom. The summed E-state index contributed by atoms with van der Waals surface area (Å²) in [5, 5.41) is 5.50. The first-order chi connectivity index (χ1) is 9.56. The molecule has 1 aromatic carbocycles. The van der Waals surface area contributed by atoms with Crippen LogP contribution in [0.2, 0.25) is 0 Å². The lowest BCUT2D eigenvalue weighted by Gasteiger charge is -2.09. The van der Waals surface area contributed by atoms with Gasteiger partial charge < -0.3 is 10.6 Å². The number of hydrogen-bond donors (Lipinski definition) is 2. The van der Waals surface area contributed by atoms with Crippen molar-refractivity contribution in [2.45, 2.75) is 13.8 Å². The third kappa shape index (κ3) is 3.44. The maximum absolute atomic E-state index is 11.8. The molecule has 2 amide bonds. The van der Waals surface area contributed by atoms with Crippen LogP contribution < -0.4 is 10.6 Å². The SMILES string of the molecule is CC(C)C(=O)Nc1ccc(NC(=O)n2ccnc2)cc1. The average Bonchev–Trinajstić information content (AvgIpc) is 2.95. The largest absolute Gasteiger partial charge is 0.331 e. The predicted octanol–water partition coefficient (Wildman–Crippen LogP) is 2.56. The molecule has 0 aliphatic rings. The van der Waals surface area contributed by atoms with Crippen LogP contribution in [0.25, 0.3) is 0 Å². The van der Waals surface area contributed by atoms with Crippen LogP contribution in [0.4, 0.5) is 16.2 Å². The van der Waals surface area contributed by atoms with E-state index in [1.165, 1.54) is 17.1 Å². The number of anilines is 2. The van der Waals surface area contributed by atoms with Crippen LogP contribution >= 0.6 is 0 Å². The van der Waals surface area contributed by atoms with E-state index < -0.39 is 0 Å². The number of imidazole rings is 1. The number of nitrogens with zero attached hydrogens (tertiary/aromatic N) is 2. The Morgan fingerprint density at radius 1 is 1.10 bits per heavy atom. The van der Waals surface area contributed by atoms with Crippen molar-refractivity contribution < 1.29 is 9.59 Å². The van der Waals surface area contributed by atoms with E-state index >= 15 is 0 Å². The Morgan fingerprint density at radius 2 is 1.70 bits per heavy atom. The molecule has 1 aromatic heterocycles. The molecule has 0 aliphatic heterocycles. The molecule has 0 radical (unpaired) electrons. The second-order valence-electron chi connectivity index (χ2n) is 4.62. The van der Waals surface area contributed by atoms with Crippen molar-refractivity contribution in [3.63, 3.8) is 0 Å². The van der Waals surface area contributed by atoms with Gasteiger partial charge in [-0.05, 0) is 24.3 Å². The van der Waals surface area contributed by atoms with Gasteiger partial charge in [0.25, 0.3) is 0 Å². The van der Waals surface area contributed by atoms with Gasteiger partial charge in [0, 0.05) is 29.7 Å². The summed E-state index contributed by atoms with van der Waals surface area (Å²) in [5.41, 5.74) is 1.34. The molecule has 2 N–H and O–H groups in total. The fraction of sp³-hybridized carbons (Fsp3) is 0.214. The molecule has 0 saturated carbocycles. The normalized spacial score (nSPS) is 10.3. The number of nitrogens with one attached hydrogen (secondary N) is 2. The van der Waals surface area contributed by atoms with E-state index in [0.29, 0.717) is 11.4 Å². The molecule has 0 bridgehead atoms. The summed E-state index contributed by atoms with van der Waals surface area (Å²) in [4.78, 5) is 27.1. The van der Waals surface area contributed by atoms with Crippen LogP contribution in [0, 0.1) is 5.92 Å². The highest BCUT2D eigenvalue weighted by molar-refractivity contribution is 5.93. The van der Waals surface area contributed by atoms with Crippen LogP contribution in [-0.4, -0.2) is 21.5 Å². The minimum absolute atomic E-state index is 0.0415. The number of benzene rings is 1. The van der Waals surface area contributed by atoms with Crippen molar-refractivity contribution in [3.05, 3.63) is 43.0 Å². The summed E-state index contributed by atoms with van der Waals surface area (Å²) in [6, 6.07) is 6.64. The summed E-state index contributed by atoms with van der Waals surface area (Å²) in [6.07, 6.45) is 4.52. The summed E-state index contributed by atoms with van der Waals surface area (Å²) >= 11 is 0. The smallest absolute Gasteiger partial charge is 0.326 e. The third-order valence-electron chi connectivity index (χ3n) is 2.67. The van der Waals surface area contributed by atoms with Crippen LogP contribution in [0.1, 0.15) is 13.8 Å². The van der Waals surface area contributed by atoms with Gasteiger partial charge in [0.15, 0.2) is 0 Å². The number of aromatic nitrogens is 2. The standard InChI is InChI=1S/C14H16N4O2/c1-10(2)13(19)16-11-3-5-12(6-4-11)17-14(20)18-8-7-15-9-18/h3-10H,1-2H3,(H,16,19)(H,17,20). The van der Waals surface area contributed by atoms with Gasteiger partial charge in [0.05, 0.1) is 0 Å². The zero-order chi connectivity index (χ0) is 14.5. The number of carbonyl (C=O) groups is 2. The predicted molar refractivity (Wildman–Crippen MR) is 76.6 cm³/mol. The number of rotatable bonds is 3. The molecule has 0 spiro atoms. The zero-order valence-electron chi connectivity index (χ0n) is 11.3. The molecule has 0 saturated heterocycles. The summed E-state index contributed by atoms with van der Waals surface area (Å²) in [7, 11) is 0. The Balaban J connectivity index is 1.98. The highest BCUT2D eigenvalue weighted by Gasteiger charge is 2.07. The minimum Gasteiger partial charge on any atom is -0.326 e. The Hall–Kier alpha value is -2.63. The molecule has 6 nitrogen and oxygen atoms in total. The van der Waals surface area contributed by atoms with Crippen molar-refractivity contribution in [1.29, 1.82) is 0 Å². The van der Waals surface area contributed by atoms with E-state index in [9.17, 15) is 9.59 Å². The highest BCUT2D eigenvalue weighted by atomic mass is 16.2. The Labute approximate surface area is 116 Å². The Kier molecular flexibility index (Phi) is 4.14. The summed E-state index contributed by atoms with van der Waals surface area (Å²) in [5.74, 6) is -0.115. The van der Waals surface area contributed by atoms with Crippen LogP contribution in [0.5, 0.6) is 0 Å². The van der Waals surface area contributed by atoms with E-state index in [4.69, 9.17) is 0 Å². The quantitative estimate of drug-likeness (QED) is 0.901. The first-order valence-corrected chi connectivity index (χ1v) is 6.26. The Bertz CT molecular complexity index is 588. The van der Waals surface area contributed by atoms with Crippen LogP contribution in [-0.2, 0) is 4.79 Å². The minimum atomic E-state index is -0.290.